The van der Waals surface area contributed by atoms with E-state index in [2.05, 4.69) is 45.3 Å². The van der Waals surface area contributed by atoms with Gasteiger partial charge in [0.2, 0.25) is 5.95 Å². The number of hydrogen-bond donors (Lipinski definition) is 2. The minimum absolute atomic E-state index is 0.542. The van der Waals surface area contributed by atoms with Crippen LogP contribution in [0.25, 0.3) is 0 Å². The van der Waals surface area contributed by atoms with E-state index in [1.165, 1.54) is 19.3 Å². The first-order valence-electron chi connectivity index (χ1n) is 8.93. The van der Waals surface area contributed by atoms with Crippen molar-refractivity contribution < 1.29 is 0 Å². The van der Waals surface area contributed by atoms with Crippen LogP contribution in [-0.4, -0.2) is 48.3 Å². The number of rotatable bonds is 3. The summed E-state index contributed by atoms with van der Waals surface area (Å²) in [5, 5.41) is 6.57. The summed E-state index contributed by atoms with van der Waals surface area (Å²) in [6.07, 6.45) is 3.75. The molecule has 0 aromatic carbocycles. The van der Waals surface area contributed by atoms with Gasteiger partial charge in [-0.05, 0) is 43.3 Å². The highest BCUT2D eigenvalue weighted by Gasteiger charge is 2.25. The molecule has 0 radical (unpaired) electrons. The second kappa shape index (κ2) is 7.51. The van der Waals surface area contributed by atoms with Crippen LogP contribution >= 0.6 is 12.2 Å². The summed E-state index contributed by atoms with van der Waals surface area (Å²) in [7, 11) is 1.80. The summed E-state index contributed by atoms with van der Waals surface area (Å²) in [4.78, 5) is 14.2. The van der Waals surface area contributed by atoms with Gasteiger partial charge in [-0.3, -0.25) is 0 Å². The molecule has 0 amide bonds. The molecule has 0 bridgehead atoms. The highest BCUT2D eigenvalue weighted by Crippen LogP contribution is 2.29. The number of hydrogen-bond acceptors (Lipinski definition) is 5. The molecule has 24 heavy (non-hydrogen) atoms. The molecule has 2 aliphatic rings. The van der Waals surface area contributed by atoms with E-state index in [0.29, 0.717) is 22.9 Å². The van der Waals surface area contributed by atoms with Crippen LogP contribution in [0.2, 0.25) is 0 Å². The summed E-state index contributed by atoms with van der Waals surface area (Å²) in [6.45, 7) is 8.88. The predicted molar refractivity (Wildman–Crippen MR) is 104 cm³/mol. The minimum Gasteiger partial charge on any atom is -0.365 e. The van der Waals surface area contributed by atoms with Crippen molar-refractivity contribution in [1.29, 1.82) is 0 Å². The van der Waals surface area contributed by atoms with E-state index in [-0.39, 0.29) is 0 Å². The molecular formula is C17H28N6S. The Labute approximate surface area is 150 Å². The molecule has 0 saturated carbocycles. The van der Waals surface area contributed by atoms with Gasteiger partial charge in [0.1, 0.15) is 11.6 Å². The smallest absolute Gasteiger partial charge is 0.232 e. The van der Waals surface area contributed by atoms with Gasteiger partial charge in [0, 0.05) is 39.3 Å². The Morgan fingerprint density at radius 1 is 1.08 bits per heavy atom. The van der Waals surface area contributed by atoms with Crippen LogP contribution in [-0.2, 0) is 0 Å². The molecule has 1 aromatic rings. The molecule has 3 rings (SSSR count). The lowest BCUT2D eigenvalue weighted by molar-refractivity contribution is 0.355. The van der Waals surface area contributed by atoms with Crippen molar-refractivity contribution in [3.63, 3.8) is 0 Å². The van der Waals surface area contributed by atoms with E-state index in [9.17, 15) is 0 Å². The highest BCUT2D eigenvalue weighted by molar-refractivity contribution is 7.80. The fourth-order valence-electron chi connectivity index (χ4n) is 3.76. The van der Waals surface area contributed by atoms with Gasteiger partial charge < -0.3 is 20.4 Å². The van der Waals surface area contributed by atoms with Crippen LogP contribution in [0.1, 0.15) is 33.1 Å². The van der Waals surface area contributed by atoms with Gasteiger partial charge in [0.15, 0.2) is 5.11 Å². The SMILES string of the molecule is CNC(=S)Nc1nc(N2CCCC2)cc(N2C[C@@H](C)C[C@H](C)C2)n1. The Kier molecular flexibility index (Phi) is 5.38. The van der Waals surface area contributed by atoms with E-state index in [0.717, 1.165) is 37.8 Å². The molecule has 2 saturated heterocycles. The standard InChI is InChI=1S/C17H28N6S/c1-12-8-13(2)11-23(10-12)15-9-14(22-6-4-5-7-22)19-16(20-15)21-17(24)18-3/h9,12-13H,4-8,10-11H2,1-3H3,(H2,18,19,20,21,24)/t12-,13-/m0/s1. The molecular weight excluding hydrogens is 320 g/mol. The van der Waals surface area contributed by atoms with Crippen LogP contribution in [0.3, 0.4) is 0 Å². The molecule has 2 N–H and O–H groups in total. The zero-order chi connectivity index (χ0) is 17.1. The van der Waals surface area contributed by atoms with Crippen molar-refractivity contribution in [2.24, 2.45) is 11.8 Å². The Balaban J connectivity index is 1.89. The van der Waals surface area contributed by atoms with E-state index >= 15 is 0 Å². The Bertz CT molecular complexity index is 576. The molecule has 2 aliphatic heterocycles. The van der Waals surface area contributed by atoms with Gasteiger partial charge in [-0.25, -0.2) is 0 Å². The summed E-state index contributed by atoms with van der Waals surface area (Å²) in [5.74, 6) is 3.97. The monoisotopic (exact) mass is 348 g/mol. The lowest BCUT2D eigenvalue weighted by atomic mass is 9.92. The predicted octanol–water partition coefficient (Wildman–Crippen LogP) is 2.48. The maximum absolute atomic E-state index is 5.22. The molecule has 3 heterocycles. The van der Waals surface area contributed by atoms with Gasteiger partial charge in [-0.1, -0.05) is 13.8 Å². The maximum atomic E-state index is 5.22. The largest absolute Gasteiger partial charge is 0.365 e. The topological polar surface area (TPSA) is 56.3 Å². The van der Waals surface area contributed by atoms with Crippen LogP contribution in [0.5, 0.6) is 0 Å². The van der Waals surface area contributed by atoms with Crippen molar-refractivity contribution in [2.75, 3.05) is 48.3 Å². The van der Waals surface area contributed by atoms with Crippen LogP contribution < -0.4 is 20.4 Å². The zero-order valence-corrected chi connectivity index (χ0v) is 15.7. The molecule has 7 heteroatoms. The maximum Gasteiger partial charge on any atom is 0.232 e. The summed E-state index contributed by atoms with van der Waals surface area (Å²) in [5.41, 5.74) is 0. The second-order valence-corrected chi connectivity index (χ2v) is 7.57. The van der Waals surface area contributed by atoms with Crippen molar-refractivity contribution in [1.82, 2.24) is 15.3 Å². The third-order valence-electron chi connectivity index (χ3n) is 4.77. The highest BCUT2D eigenvalue weighted by atomic mass is 32.1. The fraction of sp³-hybridized carbons (Fsp3) is 0.706. The van der Waals surface area contributed by atoms with Crippen LogP contribution in [0.15, 0.2) is 6.07 Å². The Morgan fingerprint density at radius 3 is 2.25 bits per heavy atom. The van der Waals surface area contributed by atoms with Crippen molar-refractivity contribution in [3.05, 3.63) is 6.07 Å². The number of aromatic nitrogens is 2. The first-order chi connectivity index (χ1) is 11.5. The molecule has 0 aliphatic carbocycles. The summed E-state index contributed by atoms with van der Waals surface area (Å²) < 4.78 is 0. The third-order valence-corrected chi connectivity index (χ3v) is 5.08. The molecule has 0 spiro atoms. The van der Waals surface area contributed by atoms with Crippen molar-refractivity contribution in [3.8, 4) is 0 Å². The average molecular weight is 349 g/mol. The van der Waals surface area contributed by atoms with Crippen molar-refractivity contribution >= 4 is 34.9 Å². The molecule has 1 aromatic heterocycles. The normalized spacial score (nSPS) is 24.1. The van der Waals surface area contributed by atoms with Crippen LogP contribution in [0, 0.1) is 11.8 Å². The lowest BCUT2D eigenvalue weighted by Crippen LogP contribution is -2.39. The van der Waals surface area contributed by atoms with E-state index < -0.39 is 0 Å². The zero-order valence-electron chi connectivity index (χ0n) is 14.9. The van der Waals surface area contributed by atoms with E-state index in [1.807, 2.05) is 0 Å². The van der Waals surface area contributed by atoms with Gasteiger partial charge >= 0.3 is 0 Å². The fourth-order valence-corrected chi connectivity index (χ4v) is 3.85. The summed E-state index contributed by atoms with van der Waals surface area (Å²) >= 11 is 5.22. The lowest BCUT2D eigenvalue weighted by Gasteiger charge is -2.36. The van der Waals surface area contributed by atoms with E-state index in [1.54, 1.807) is 7.05 Å². The van der Waals surface area contributed by atoms with Gasteiger partial charge in [-0.2, -0.15) is 9.97 Å². The van der Waals surface area contributed by atoms with Crippen LogP contribution in [0.4, 0.5) is 17.6 Å². The average Bonchev–Trinajstić information content (AvgIpc) is 3.08. The number of nitrogens with zero attached hydrogens (tertiary/aromatic N) is 4. The van der Waals surface area contributed by atoms with Gasteiger partial charge in [0.05, 0.1) is 0 Å². The molecule has 2 atom stereocenters. The Hall–Kier alpha value is -1.63. The number of piperidine rings is 1. The second-order valence-electron chi connectivity index (χ2n) is 7.16. The number of thiocarbonyl (C=S) groups is 1. The quantitative estimate of drug-likeness (QED) is 0.814. The number of nitrogens with one attached hydrogen (secondary N) is 2. The van der Waals surface area contributed by atoms with Crippen molar-refractivity contribution in [2.45, 2.75) is 33.1 Å². The molecule has 132 valence electrons. The Morgan fingerprint density at radius 2 is 1.67 bits per heavy atom. The van der Waals surface area contributed by atoms with Gasteiger partial charge in [0.25, 0.3) is 0 Å². The third kappa shape index (κ3) is 4.06. The van der Waals surface area contributed by atoms with E-state index in [4.69, 9.17) is 17.2 Å². The molecule has 0 unspecified atom stereocenters. The minimum atomic E-state index is 0.542. The summed E-state index contributed by atoms with van der Waals surface area (Å²) in [6, 6.07) is 2.14. The van der Waals surface area contributed by atoms with Gasteiger partial charge in [-0.15, -0.1) is 0 Å². The molecule has 2 fully saturated rings. The first-order valence-corrected chi connectivity index (χ1v) is 9.33. The molecule has 6 nitrogen and oxygen atoms in total. The number of anilines is 3. The first kappa shape index (κ1) is 17.2.